The number of aromatic nitrogens is 1. The highest BCUT2D eigenvalue weighted by atomic mass is 16.7. The Morgan fingerprint density at radius 3 is 2.85 bits per heavy atom. The van der Waals surface area contributed by atoms with Gasteiger partial charge in [0.2, 0.25) is 0 Å². The number of carbonyl (C=O) groups is 1. The number of para-hydroxylation sites is 1. The molecule has 1 aliphatic heterocycles. The molecule has 1 N–H and O–H groups in total. The number of fused-ring (bicyclic) bond motifs is 1. The van der Waals surface area contributed by atoms with Gasteiger partial charge in [-0.25, -0.2) is 4.79 Å². The van der Waals surface area contributed by atoms with E-state index in [1.807, 2.05) is 24.3 Å². The zero-order valence-electron chi connectivity index (χ0n) is 10.6. The Morgan fingerprint density at radius 2 is 2.10 bits per heavy atom. The van der Waals surface area contributed by atoms with E-state index in [-0.39, 0.29) is 5.57 Å². The first kappa shape index (κ1) is 12.2. The van der Waals surface area contributed by atoms with Crippen LogP contribution in [0.1, 0.15) is 5.56 Å². The topological polar surface area (TPSA) is 62.7 Å². The van der Waals surface area contributed by atoms with Gasteiger partial charge in [-0.2, -0.15) is 5.06 Å². The van der Waals surface area contributed by atoms with Crippen molar-refractivity contribution in [3.63, 3.8) is 0 Å². The molecular weight excluding hydrogens is 256 g/mol. The Morgan fingerprint density at radius 1 is 1.25 bits per heavy atom. The number of hydrogen-bond acceptors (Lipinski definition) is 4. The molecule has 20 heavy (non-hydrogen) atoms. The third-order valence-electron chi connectivity index (χ3n) is 3.00. The Labute approximate surface area is 115 Å². The van der Waals surface area contributed by atoms with Gasteiger partial charge in [-0.1, -0.05) is 18.2 Å². The molecular formula is C15H12N2O3. The predicted molar refractivity (Wildman–Crippen MR) is 73.2 cm³/mol. The van der Waals surface area contributed by atoms with Crippen LogP contribution in [0.5, 0.6) is 5.75 Å². The summed E-state index contributed by atoms with van der Waals surface area (Å²) in [6, 6.07) is 11.1. The van der Waals surface area contributed by atoms with Gasteiger partial charge in [-0.15, -0.1) is 0 Å². The highest BCUT2D eigenvalue weighted by Gasteiger charge is 2.22. The maximum atomic E-state index is 11.2. The molecule has 1 aromatic heterocycles. The number of carboxylic acids is 1. The fourth-order valence-corrected chi connectivity index (χ4v) is 2.06. The minimum Gasteiger partial charge on any atom is -0.478 e. The maximum Gasteiger partial charge on any atom is 0.333 e. The Bertz CT molecular complexity index is 668. The second-order valence-corrected chi connectivity index (χ2v) is 4.37. The fraction of sp³-hybridized carbons (Fsp3) is 0.0667. The SMILES string of the molecule is O=C(O)C1=CN(Oc2cccnc2)c2ccccc2C1. The minimum atomic E-state index is -0.945. The van der Waals surface area contributed by atoms with E-state index in [0.717, 1.165) is 11.3 Å². The van der Waals surface area contributed by atoms with Crippen molar-refractivity contribution in [2.45, 2.75) is 6.42 Å². The van der Waals surface area contributed by atoms with E-state index in [1.54, 1.807) is 24.5 Å². The molecule has 0 fully saturated rings. The number of benzene rings is 1. The number of hydroxylamine groups is 1. The average Bonchev–Trinajstić information content (AvgIpc) is 2.48. The van der Waals surface area contributed by atoms with E-state index in [9.17, 15) is 9.90 Å². The van der Waals surface area contributed by atoms with Crippen molar-refractivity contribution in [2.24, 2.45) is 0 Å². The van der Waals surface area contributed by atoms with E-state index >= 15 is 0 Å². The molecule has 2 heterocycles. The highest BCUT2D eigenvalue weighted by Crippen LogP contribution is 2.29. The summed E-state index contributed by atoms with van der Waals surface area (Å²) >= 11 is 0. The molecule has 0 saturated heterocycles. The van der Waals surface area contributed by atoms with Crippen molar-refractivity contribution in [3.8, 4) is 5.75 Å². The normalized spacial score (nSPS) is 13.4. The second-order valence-electron chi connectivity index (χ2n) is 4.37. The van der Waals surface area contributed by atoms with Crippen LogP contribution in [0.2, 0.25) is 0 Å². The molecule has 3 rings (SSSR count). The molecule has 0 spiro atoms. The molecule has 0 saturated carbocycles. The fourth-order valence-electron chi connectivity index (χ4n) is 2.06. The van der Waals surface area contributed by atoms with E-state index in [0.29, 0.717) is 12.2 Å². The molecule has 0 bridgehead atoms. The van der Waals surface area contributed by atoms with Crippen molar-refractivity contribution in [2.75, 3.05) is 5.06 Å². The summed E-state index contributed by atoms with van der Waals surface area (Å²) in [5.74, 6) is -0.399. The molecule has 0 radical (unpaired) electrons. The number of anilines is 1. The van der Waals surface area contributed by atoms with Crippen molar-refractivity contribution in [3.05, 3.63) is 66.1 Å². The summed E-state index contributed by atoms with van der Waals surface area (Å²) in [6.07, 6.45) is 5.11. The second kappa shape index (κ2) is 5.05. The van der Waals surface area contributed by atoms with Crippen LogP contribution in [0, 0.1) is 0 Å². The van der Waals surface area contributed by atoms with E-state index in [4.69, 9.17) is 4.84 Å². The summed E-state index contributed by atoms with van der Waals surface area (Å²) in [6.45, 7) is 0. The lowest BCUT2D eigenvalue weighted by Crippen LogP contribution is -2.27. The molecule has 0 amide bonds. The van der Waals surface area contributed by atoms with Gasteiger partial charge in [0, 0.05) is 12.6 Å². The van der Waals surface area contributed by atoms with E-state index < -0.39 is 5.97 Å². The Kier molecular flexibility index (Phi) is 3.09. The zero-order valence-corrected chi connectivity index (χ0v) is 10.6. The third-order valence-corrected chi connectivity index (χ3v) is 3.00. The molecule has 1 aromatic carbocycles. The first-order valence-electron chi connectivity index (χ1n) is 6.13. The molecule has 100 valence electrons. The summed E-state index contributed by atoms with van der Waals surface area (Å²) < 4.78 is 0. The number of carboxylic acid groups (broad SMARTS) is 1. The monoisotopic (exact) mass is 268 g/mol. The average molecular weight is 268 g/mol. The van der Waals surface area contributed by atoms with Gasteiger partial charge in [0.1, 0.15) is 0 Å². The number of pyridine rings is 1. The van der Waals surface area contributed by atoms with Crippen LogP contribution in [0.15, 0.2) is 60.6 Å². The summed E-state index contributed by atoms with van der Waals surface area (Å²) in [4.78, 5) is 20.9. The van der Waals surface area contributed by atoms with Crippen molar-refractivity contribution in [1.82, 2.24) is 4.98 Å². The van der Waals surface area contributed by atoms with Crippen molar-refractivity contribution in [1.29, 1.82) is 0 Å². The largest absolute Gasteiger partial charge is 0.478 e. The smallest absolute Gasteiger partial charge is 0.333 e. The zero-order chi connectivity index (χ0) is 13.9. The maximum absolute atomic E-state index is 11.2. The van der Waals surface area contributed by atoms with Gasteiger partial charge < -0.3 is 9.94 Å². The van der Waals surface area contributed by atoms with E-state index in [1.165, 1.54) is 11.3 Å². The van der Waals surface area contributed by atoms with Crippen LogP contribution in [0.25, 0.3) is 0 Å². The number of nitrogens with zero attached hydrogens (tertiary/aromatic N) is 2. The number of rotatable bonds is 3. The number of aliphatic carboxylic acids is 1. The van der Waals surface area contributed by atoms with E-state index in [2.05, 4.69) is 4.98 Å². The molecule has 5 heteroatoms. The summed E-state index contributed by atoms with van der Waals surface area (Å²) in [5, 5.41) is 10.7. The van der Waals surface area contributed by atoms with Crippen LogP contribution >= 0.6 is 0 Å². The summed E-state index contributed by atoms with van der Waals surface area (Å²) in [7, 11) is 0. The van der Waals surface area contributed by atoms with Crippen LogP contribution in [-0.2, 0) is 11.2 Å². The van der Waals surface area contributed by atoms with Gasteiger partial charge in [-0.3, -0.25) is 4.98 Å². The van der Waals surface area contributed by atoms with Gasteiger partial charge in [-0.05, 0) is 23.8 Å². The lowest BCUT2D eigenvalue weighted by Gasteiger charge is -2.27. The quantitative estimate of drug-likeness (QED) is 0.926. The predicted octanol–water partition coefficient (Wildman–Crippen LogP) is 2.41. The van der Waals surface area contributed by atoms with Crippen LogP contribution < -0.4 is 9.90 Å². The van der Waals surface area contributed by atoms with Crippen molar-refractivity contribution >= 4 is 11.7 Å². The van der Waals surface area contributed by atoms with Gasteiger partial charge in [0.05, 0.1) is 23.7 Å². The Hall–Kier alpha value is -2.82. The molecule has 0 aliphatic carbocycles. The molecule has 2 aromatic rings. The van der Waals surface area contributed by atoms with Gasteiger partial charge >= 0.3 is 5.97 Å². The minimum absolute atomic E-state index is 0.285. The van der Waals surface area contributed by atoms with Gasteiger partial charge in [0.25, 0.3) is 0 Å². The molecule has 0 atom stereocenters. The number of hydrogen-bond donors (Lipinski definition) is 1. The Balaban J connectivity index is 1.97. The molecule has 5 nitrogen and oxygen atoms in total. The van der Waals surface area contributed by atoms with Crippen LogP contribution in [-0.4, -0.2) is 16.1 Å². The highest BCUT2D eigenvalue weighted by molar-refractivity contribution is 5.89. The molecule has 1 aliphatic rings. The van der Waals surface area contributed by atoms with Gasteiger partial charge in [0.15, 0.2) is 5.75 Å². The third kappa shape index (κ3) is 2.33. The first-order chi connectivity index (χ1) is 9.74. The summed E-state index contributed by atoms with van der Waals surface area (Å²) in [5.41, 5.74) is 2.03. The van der Waals surface area contributed by atoms with Crippen LogP contribution in [0.3, 0.4) is 0 Å². The van der Waals surface area contributed by atoms with Crippen LogP contribution in [0.4, 0.5) is 5.69 Å². The molecule has 0 unspecified atom stereocenters. The first-order valence-corrected chi connectivity index (χ1v) is 6.13. The lowest BCUT2D eigenvalue weighted by atomic mass is 10.0. The van der Waals surface area contributed by atoms with Crippen molar-refractivity contribution < 1.29 is 14.7 Å². The standard InChI is InChI=1S/C15H12N2O3/c18-15(19)12-8-11-4-1-2-6-14(11)17(10-12)20-13-5-3-7-16-9-13/h1-7,9-10H,8H2,(H,18,19). The lowest BCUT2D eigenvalue weighted by molar-refractivity contribution is -0.132.